The molecule has 25 valence electrons. The quantitative estimate of drug-likeness (QED) is 0.323. The van der Waals surface area contributed by atoms with Crippen molar-refractivity contribution in [3.63, 3.8) is 0 Å². The van der Waals surface area contributed by atoms with Gasteiger partial charge in [-0.1, -0.05) is 0 Å². The molecule has 0 bridgehead atoms. The smallest absolute Gasteiger partial charge is 1.00 e. The van der Waals surface area contributed by atoms with E-state index in [1.54, 1.807) is 0 Å². The molecule has 0 aliphatic heterocycles. The van der Waals surface area contributed by atoms with Gasteiger partial charge in [-0.3, -0.25) is 0 Å². The van der Waals surface area contributed by atoms with E-state index in [9.17, 15) is 0 Å². The first-order valence-corrected chi connectivity index (χ1v) is 0. The Hall–Kier alpha value is 2.36. The van der Waals surface area contributed by atoms with Crippen LogP contribution in [-0.4, -0.2) is 23.1 Å². The fourth-order valence-corrected chi connectivity index (χ4v) is 0. The molecule has 0 unspecified atom stereocenters. The molecule has 0 aromatic heterocycles. The van der Waals surface area contributed by atoms with Gasteiger partial charge in [0, 0.05) is 33.3 Å². The maximum absolute atomic E-state index is 0. The first-order chi connectivity index (χ1) is 0. The summed E-state index contributed by atoms with van der Waals surface area (Å²) in [6.45, 7) is 0. The van der Waals surface area contributed by atoms with Crippen molar-refractivity contribution in [3.8, 4) is 0 Å². The monoisotopic (exact) mass is 151 g/mol. The van der Waals surface area contributed by atoms with E-state index >= 15 is 0 Å². The summed E-state index contributed by atoms with van der Waals surface area (Å²) in [4.78, 5) is 0. The molecule has 0 aromatic carbocycles. The van der Waals surface area contributed by atoms with E-state index in [0.717, 1.165) is 0 Å². The summed E-state index contributed by atoms with van der Waals surface area (Å²) in [6, 6.07) is 0. The molecular formula is H3CoLiMgNi. The molecule has 0 saturated carbocycles. The first-order valence-electron chi connectivity index (χ1n) is 0. The Labute approximate surface area is 78.8 Å². The van der Waals surface area contributed by atoms with Gasteiger partial charge in [-0.15, -0.1) is 0 Å². The summed E-state index contributed by atoms with van der Waals surface area (Å²) in [5.41, 5.74) is 0. The molecule has 0 aliphatic rings. The Morgan fingerprint density at radius 1 is 1.25 bits per heavy atom. The number of hydrogen-bond donors (Lipinski definition) is 0. The molecule has 1 radical (unpaired) electrons. The molecule has 0 aromatic rings. The van der Waals surface area contributed by atoms with Crippen molar-refractivity contribution in [2.24, 2.45) is 0 Å². The van der Waals surface area contributed by atoms with Crippen LogP contribution >= 0.6 is 0 Å². The van der Waals surface area contributed by atoms with Gasteiger partial charge in [-0.2, -0.15) is 0 Å². The molecule has 0 aliphatic carbocycles. The van der Waals surface area contributed by atoms with E-state index in [2.05, 4.69) is 0 Å². The van der Waals surface area contributed by atoms with Crippen molar-refractivity contribution in [2.75, 3.05) is 0 Å². The van der Waals surface area contributed by atoms with E-state index in [0.29, 0.717) is 0 Å². The number of rotatable bonds is 0. The summed E-state index contributed by atoms with van der Waals surface area (Å²) in [5.74, 6) is 0. The van der Waals surface area contributed by atoms with Crippen LogP contribution in [-0.2, 0) is 33.3 Å². The van der Waals surface area contributed by atoms with Crippen molar-refractivity contribution in [1.82, 2.24) is 0 Å². The number of hydrogen-bond acceptors (Lipinski definition) is 0. The Kier molecular flexibility index (Phi) is 150. The van der Waals surface area contributed by atoms with Gasteiger partial charge >= 0.3 is 41.9 Å². The third-order valence-electron chi connectivity index (χ3n) is 0. The molecule has 0 rings (SSSR count). The van der Waals surface area contributed by atoms with Gasteiger partial charge in [0.15, 0.2) is 0 Å². The Morgan fingerprint density at radius 2 is 1.25 bits per heavy atom. The molecule has 0 heterocycles. The van der Waals surface area contributed by atoms with Crippen LogP contribution in [0.25, 0.3) is 0 Å². The summed E-state index contributed by atoms with van der Waals surface area (Å²) in [5, 5.41) is 0. The zero-order valence-corrected chi connectivity index (χ0v) is 5.80. The van der Waals surface area contributed by atoms with E-state index in [4.69, 9.17) is 0 Å². The Balaban J connectivity index is 0. The largest absolute Gasteiger partial charge is 2.00 e. The third kappa shape index (κ3) is 8.84. The van der Waals surface area contributed by atoms with E-state index in [1.807, 2.05) is 0 Å². The fraction of sp³-hybridized carbons (Fsp3) is 0. The molecule has 0 N–H and O–H groups in total. The van der Waals surface area contributed by atoms with Gasteiger partial charge in [0.2, 0.25) is 0 Å². The van der Waals surface area contributed by atoms with Crippen LogP contribution in [0.4, 0.5) is 0 Å². The maximum atomic E-state index is 0. The van der Waals surface area contributed by atoms with Crippen molar-refractivity contribution in [1.29, 1.82) is 0 Å². The summed E-state index contributed by atoms with van der Waals surface area (Å²) < 4.78 is 0. The minimum absolute atomic E-state index is 0. The molecular weight excluding hydrogens is 149 g/mol. The standard InChI is InChI=1S/Co.Li.Mg.Ni.3H/q;+1;+2;;3*-1. The third-order valence-corrected chi connectivity index (χ3v) is 0. The van der Waals surface area contributed by atoms with Crippen LogP contribution in [0, 0.1) is 0 Å². The molecule has 0 spiro atoms. The Morgan fingerprint density at radius 3 is 1.25 bits per heavy atom. The second-order valence-corrected chi connectivity index (χ2v) is 0. The predicted molar refractivity (Wildman–Crippen MR) is 9.09 cm³/mol. The second-order valence-electron chi connectivity index (χ2n) is 0. The van der Waals surface area contributed by atoms with Crippen molar-refractivity contribution in [3.05, 3.63) is 0 Å². The van der Waals surface area contributed by atoms with Crippen molar-refractivity contribution >= 4 is 23.1 Å². The van der Waals surface area contributed by atoms with Crippen LogP contribution in [0.5, 0.6) is 0 Å². The van der Waals surface area contributed by atoms with Crippen molar-refractivity contribution in [2.45, 2.75) is 0 Å². The Bertz CT molecular complexity index is 14.9. The zero-order chi connectivity index (χ0) is 0. The van der Waals surface area contributed by atoms with E-state index in [-0.39, 0.29) is 79.5 Å². The molecule has 0 atom stereocenters. The summed E-state index contributed by atoms with van der Waals surface area (Å²) in [7, 11) is 0. The predicted octanol–water partition coefficient (Wildman–Crippen LogP) is -3.04. The average Bonchev–Trinajstić information content (AvgIpc) is 0. The average molecular weight is 152 g/mol. The molecule has 0 saturated heterocycles. The van der Waals surface area contributed by atoms with Crippen LogP contribution in [0.15, 0.2) is 0 Å². The zero-order valence-electron chi connectivity index (χ0n) is 5.36. The van der Waals surface area contributed by atoms with Crippen LogP contribution in [0.2, 0.25) is 0 Å². The first kappa shape index (κ1) is 32.8. The summed E-state index contributed by atoms with van der Waals surface area (Å²) in [6.07, 6.45) is 0. The molecule has 0 nitrogen and oxygen atoms in total. The van der Waals surface area contributed by atoms with Crippen LogP contribution < -0.4 is 18.9 Å². The molecule has 4 heteroatoms. The second kappa shape index (κ2) is 18.3. The van der Waals surface area contributed by atoms with Gasteiger partial charge < -0.3 is 4.28 Å². The van der Waals surface area contributed by atoms with Gasteiger partial charge in [-0.05, 0) is 0 Å². The van der Waals surface area contributed by atoms with E-state index < -0.39 is 0 Å². The topological polar surface area (TPSA) is 0 Å². The van der Waals surface area contributed by atoms with Gasteiger partial charge in [0.05, 0.1) is 0 Å². The SMILES string of the molecule is [Co].[H-].[H-].[H-].[Li+].[Mg+2].[Ni]. The van der Waals surface area contributed by atoms with Crippen LogP contribution in [0.3, 0.4) is 0 Å². The molecule has 0 fully saturated rings. The minimum atomic E-state index is 0. The van der Waals surface area contributed by atoms with E-state index in [1.165, 1.54) is 0 Å². The van der Waals surface area contributed by atoms with Crippen molar-refractivity contribution < 1.29 is 56.4 Å². The normalized spacial score (nSPS) is 0. The molecule has 4 heavy (non-hydrogen) atoms. The van der Waals surface area contributed by atoms with Gasteiger partial charge in [0.1, 0.15) is 0 Å². The fourth-order valence-electron chi connectivity index (χ4n) is 0. The minimum Gasteiger partial charge on any atom is -1.00 e. The maximum Gasteiger partial charge on any atom is 2.00 e. The summed E-state index contributed by atoms with van der Waals surface area (Å²) >= 11 is 0. The molecule has 0 amide bonds. The van der Waals surface area contributed by atoms with Crippen LogP contribution in [0.1, 0.15) is 4.28 Å². The van der Waals surface area contributed by atoms with Gasteiger partial charge in [-0.25, -0.2) is 0 Å². The van der Waals surface area contributed by atoms with Gasteiger partial charge in [0.25, 0.3) is 0 Å².